The third kappa shape index (κ3) is 4.25. The molecule has 1 aromatic rings. The van der Waals surface area contributed by atoms with Crippen molar-refractivity contribution in [2.24, 2.45) is 0 Å². The van der Waals surface area contributed by atoms with E-state index in [1.807, 2.05) is 6.08 Å². The molecule has 6 heteroatoms. The van der Waals surface area contributed by atoms with Crippen molar-refractivity contribution in [1.29, 1.82) is 0 Å². The minimum Gasteiger partial charge on any atom is -0.493 e. The molecule has 1 unspecified atom stereocenters. The summed E-state index contributed by atoms with van der Waals surface area (Å²) >= 11 is 5.43. The fraction of sp³-hybridized carbons (Fsp3) is 0.526. The van der Waals surface area contributed by atoms with Crippen molar-refractivity contribution in [3.63, 3.8) is 0 Å². The van der Waals surface area contributed by atoms with E-state index in [-0.39, 0.29) is 0 Å². The van der Waals surface area contributed by atoms with E-state index in [1.54, 1.807) is 14.2 Å². The lowest BCUT2D eigenvalue weighted by atomic mass is 9.91. The van der Waals surface area contributed by atoms with Gasteiger partial charge in [0.05, 0.1) is 33.9 Å². The first-order valence-corrected chi connectivity index (χ1v) is 9.31. The first kappa shape index (κ1) is 18.0. The second-order valence-corrected chi connectivity index (χ2v) is 7.15. The molecular formula is C19H28N3O2S+. The maximum atomic E-state index is 5.52. The Labute approximate surface area is 155 Å². The lowest BCUT2D eigenvalue weighted by molar-refractivity contribution is -0.927. The molecule has 1 aromatic carbocycles. The van der Waals surface area contributed by atoms with Crippen LogP contribution in [-0.2, 0) is 6.42 Å². The van der Waals surface area contributed by atoms with Crippen LogP contribution in [0, 0.1) is 0 Å². The van der Waals surface area contributed by atoms with E-state index in [2.05, 4.69) is 29.3 Å². The summed E-state index contributed by atoms with van der Waals surface area (Å²) in [5.41, 5.74) is 2.64. The summed E-state index contributed by atoms with van der Waals surface area (Å²) in [7, 11) is 3.37. The molecule has 1 aliphatic carbocycles. The lowest BCUT2D eigenvalue weighted by Crippen LogP contribution is -3.13. The molecule has 1 saturated carbocycles. The maximum Gasteiger partial charge on any atom is 0.166 e. The third-order valence-corrected chi connectivity index (χ3v) is 5.28. The molecule has 1 heterocycles. The first-order chi connectivity index (χ1) is 12.2. The van der Waals surface area contributed by atoms with E-state index in [0.29, 0.717) is 12.1 Å². The van der Waals surface area contributed by atoms with Gasteiger partial charge in [0.1, 0.15) is 6.04 Å². The van der Waals surface area contributed by atoms with Crippen LogP contribution < -0.4 is 25.0 Å². The quantitative estimate of drug-likeness (QED) is 0.499. The summed E-state index contributed by atoms with van der Waals surface area (Å²) in [4.78, 5) is 1.50. The van der Waals surface area contributed by atoms with Crippen molar-refractivity contribution in [1.82, 2.24) is 10.6 Å². The number of nitrogens with one attached hydrogen (secondary N) is 3. The fourth-order valence-electron chi connectivity index (χ4n) is 3.51. The molecule has 2 atom stereocenters. The van der Waals surface area contributed by atoms with Gasteiger partial charge in [-0.3, -0.25) is 0 Å². The zero-order chi connectivity index (χ0) is 17.8. The Morgan fingerprint density at radius 2 is 2.04 bits per heavy atom. The minimum atomic E-state index is 0.306. The lowest BCUT2D eigenvalue weighted by Gasteiger charge is -2.34. The Morgan fingerprint density at radius 1 is 1.32 bits per heavy atom. The van der Waals surface area contributed by atoms with Gasteiger partial charge in [0.2, 0.25) is 0 Å². The zero-order valence-corrected chi connectivity index (χ0v) is 15.9. The van der Waals surface area contributed by atoms with Crippen LogP contribution >= 0.6 is 12.2 Å². The van der Waals surface area contributed by atoms with Crippen LogP contribution in [0.3, 0.4) is 0 Å². The van der Waals surface area contributed by atoms with Crippen LogP contribution in [0.1, 0.15) is 30.0 Å². The van der Waals surface area contributed by atoms with Crippen LogP contribution in [0.25, 0.3) is 0 Å². The van der Waals surface area contributed by atoms with E-state index >= 15 is 0 Å². The highest BCUT2D eigenvalue weighted by Crippen LogP contribution is 2.34. The number of ether oxygens (including phenoxy) is 2. The number of benzene rings is 1. The number of hydrogen-bond donors (Lipinski definition) is 3. The molecule has 3 N–H and O–H groups in total. The molecule has 0 amide bonds. The molecular weight excluding hydrogens is 334 g/mol. The maximum absolute atomic E-state index is 5.52. The van der Waals surface area contributed by atoms with Crippen molar-refractivity contribution in [3.05, 3.63) is 35.9 Å². The van der Waals surface area contributed by atoms with Gasteiger partial charge in [0.15, 0.2) is 16.6 Å². The average Bonchev–Trinajstić information content (AvgIpc) is 3.43. The molecule has 0 bridgehead atoms. The van der Waals surface area contributed by atoms with Crippen molar-refractivity contribution >= 4 is 17.3 Å². The van der Waals surface area contributed by atoms with Gasteiger partial charge in [-0.15, -0.1) is 0 Å². The number of hydrogen-bond acceptors (Lipinski definition) is 3. The molecule has 1 aliphatic heterocycles. The van der Waals surface area contributed by atoms with E-state index in [4.69, 9.17) is 21.7 Å². The van der Waals surface area contributed by atoms with Crippen molar-refractivity contribution in [2.45, 2.75) is 31.3 Å². The van der Waals surface area contributed by atoms with Crippen LogP contribution in [0.2, 0.25) is 0 Å². The van der Waals surface area contributed by atoms with Crippen LogP contribution in [0.4, 0.5) is 0 Å². The molecule has 5 nitrogen and oxygen atoms in total. The molecule has 136 valence electrons. The minimum absolute atomic E-state index is 0.306. The van der Waals surface area contributed by atoms with Gasteiger partial charge in [-0.1, -0.05) is 6.58 Å². The molecule has 3 rings (SSSR count). The summed E-state index contributed by atoms with van der Waals surface area (Å²) in [5, 5.41) is 7.52. The van der Waals surface area contributed by atoms with Crippen molar-refractivity contribution in [2.75, 3.05) is 33.9 Å². The molecule has 25 heavy (non-hydrogen) atoms. The Hall–Kier alpha value is -1.79. The van der Waals surface area contributed by atoms with E-state index in [9.17, 15) is 0 Å². The Balaban J connectivity index is 1.81. The predicted octanol–water partition coefficient (Wildman–Crippen LogP) is 0.998. The topological polar surface area (TPSA) is 47.0 Å². The predicted molar refractivity (Wildman–Crippen MR) is 104 cm³/mol. The van der Waals surface area contributed by atoms with Gasteiger partial charge in [-0.2, -0.15) is 0 Å². The first-order valence-electron chi connectivity index (χ1n) is 8.91. The number of rotatable bonds is 7. The zero-order valence-electron chi connectivity index (χ0n) is 15.1. The normalized spacial score (nSPS) is 21.8. The number of thiocarbonyl (C=S) groups is 1. The number of methoxy groups -OCH3 is 2. The highest BCUT2D eigenvalue weighted by molar-refractivity contribution is 7.80. The third-order valence-electron chi connectivity index (χ3n) is 5.01. The van der Waals surface area contributed by atoms with E-state index in [0.717, 1.165) is 42.7 Å². The summed E-state index contributed by atoms with van der Waals surface area (Å²) in [6.07, 6.45) is 5.47. The number of quaternary nitrogens is 1. The van der Waals surface area contributed by atoms with Crippen molar-refractivity contribution < 1.29 is 14.4 Å². The highest BCUT2D eigenvalue weighted by atomic mass is 32.1. The van der Waals surface area contributed by atoms with Gasteiger partial charge in [-0.05, 0) is 48.8 Å². The smallest absolute Gasteiger partial charge is 0.166 e. The van der Waals surface area contributed by atoms with Gasteiger partial charge < -0.3 is 25.0 Å². The van der Waals surface area contributed by atoms with Crippen LogP contribution in [0.5, 0.6) is 11.5 Å². The Morgan fingerprint density at radius 3 is 2.68 bits per heavy atom. The Kier molecular flexibility index (Phi) is 5.81. The molecule has 2 aliphatic rings. The Bertz CT molecular complexity index is 646. The van der Waals surface area contributed by atoms with Gasteiger partial charge in [-0.25, -0.2) is 0 Å². The monoisotopic (exact) mass is 362 g/mol. The van der Waals surface area contributed by atoms with E-state index in [1.165, 1.54) is 28.9 Å². The second kappa shape index (κ2) is 8.06. The molecule has 0 spiro atoms. The summed E-state index contributed by atoms with van der Waals surface area (Å²) in [5.74, 6) is 1.58. The van der Waals surface area contributed by atoms with Crippen LogP contribution in [0.15, 0.2) is 24.8 Å². The van der Waals surface area contributed by atoms with Crippen molar-refractivity contribution in [3.8, 4) is 11.5 Å². The van der Waals surface area contributed by atoms with Crippen LogP contribution in [-0.4, -0.2) is 45.0 Å². The molecule has 1 fully saturated rings. The largest absolute Gasteiger partial charge is 0.493 e. The van der Waals surface area contributed by atoms with E-state index < -0.39 is 0 Å². The summed E-state index contributed by atoms with van der Waals surface area (Å²) in [6.45, 7) is 6.73. The SMILES string of the molecule is C=CC[NH+]1CCc2cc(OC)c(OC)cc2[C@@H]1CNC(=S)NC1CC1. The highest BCUT2D eigenvalue weighted by Gasteiger charge is 2.32. The standard InChI is InChI=1S/C19H27N3O2S/c1-4-8-22-9-7-13-10-17(23-2)18(24-3)11-15(13)16(22)12-20-19(25)21-14-5-6-14/h4,10-11,14,16H,1,5-9,12H2,2-3H3,(H2,20,21,25)/p+1/t16-/m0/s1. The number of fused-ring (bicyclic) bond motifs is 1. The fourth-order valence-corrected chi connectivity index (χ4v) is 3.76. The average molecular weight is 363 g/mol. The van der Waals surface area contributed by atoms with Gasteiger partial charge in [0, 0.05) is 18.0 Å². The second-order valence-electron chi connectivity index (χ2n) is 6.74. The molecule has 0 saturated heterocycles. The summed E-state index contributed by atoms with van der Waals surface area (Å²) < 4.78 is 11.0. The summed E-state index contributed by atoms with van der Waals surface area (Å²) in [6, 6.07) is 5.12. The molecule has 0 radical (unpaired) electrons. The molecule has 0 aromatic heterocycles. The van der Waals surface area contributed by atoms with Gasteiger partial charge in [0.25, 0.3) is 0 Å². The van der Waals surface area contributed by atoms with Gasteiger partial charge >= 0.3 is 0 Å².